The number of aromatic nitrogens is 2. The summed E-state index contributed by atoms with van der Waals surface area (Å²) >= 11 is 7.66. The summed E-state index contributed by atoms with van der Waals surface area (Å²) in [6.45, 7) is 4.50. The third kappa shape index (κ3) is 10.2. The highest BCUT2D eigenvalue weighted by Gasteiger charge is 2.36. The number of fused-ring (bicyclic) bond motifs is 1. The Bertz CT molecular complexity index is 1470. The van der Waals surface area contributed by atoms with E-state index >= 15 is 0 Å². The van der Waals surface area contributed by atoms with Gasteiger partial charge in [-0.1, -0.05) is 81.7 Å². The number of alkyl halides is 6. The zero-order valence-corrected chi connectivity index (χ0v) is 25.6. The maximum Gasteiger partial charge on any atom is 0.420 e. The van der Waals surface area contributed by atoms with Gasteiger partial charge in [-0.05, 0) is 53.7 Å². The molecule has 5 nitrogen and oxygen atoms in total. The van der Waals surface area contributed by atoms with Gasteiger partial charge in [-0.25, -0.2) is 9.78 Å². The Hall–Kier alpha value is -3.09. The molecular formula is C31H34ClF6N3O2S. The number of nitrogens with one attached hydrogen (secondary N) is 1. The number of hydrogen-bond acceptors (Lipinski definition) is 4. The van der Waals surface area contributed by atoms with Crippen LogP contribution in [0.5, 0.6) is 0 Å². The molecule has 240 valence electrons. The van der Waals surface area contributed by atoms with Crippen LogP contribution in [0.4, 0.5) is 26.3 Å². The van der Waals surface area contributed by atoms with Crippen LogP contribution >= 0.6 is 22.9 Å². The molecule has 44 heavy (non-hydrogen) atoms. The van der Waals surface area contributed by atoms with Gasteiger partial charge in [-0.2, -0.15) is 26.3 Å². The van der Waals surface area contributed by atoms with E-state index in [1.165, 1.54) is 62.8 Å². The highest BCUT2D eigenvalue weighted by atomic mass is 35.5. The second-order valence-corrected chi connectivity index (χ2v) is 11.6. The van der Waals surface area contributed by atoms with Crippen LogP contribution in [-0.4, -0.2) is 27.0 Å². The third-order valence-corrected chi connectivity index (χ3v) is 8.04. The van der Waals surface area contributed by atoms with E-state index in [9.17, 15) is 31.1 Å². The number of rotatable bonds is 13. The van der Waals surface area contributed by atoms with Gasteiger partial charge >= 0.3 is 18.3 Å². The van der Waals surface area contributed by atoms with Crippen LogP contribution in [0.25, 0.3) is 16.8 Å². The van der Waals surface area contributed by atoms with Crippen molar-refractivity contribution in [1.82, 2.24) is 14.7 Å². The number of nitrogens with zero attached hydrogens (tertiary/aromatic N) is 2. The Balaban J connectivity index is 0.000000269. The minimum atomic E-state index is -4.90. The lowest BCUT2D eigenvalue weighted by Crippen LogP contribution is -2.13. The molecule has 4 aromatic rings. The first-order valence-corrected chi connectivity index (χ1v) is 15.5. The molecule has 0 spiro atoms. The van der Waals surface area contributed by atoms with Gasteiger partial charge in [0.25, 0.3) is 0 Å². The van der Waals surface area contributed by atoms with Gasteiger partial charge in [0.2, 0.25) is 0 Å². The largest absolute Gasteiger partial charge is 0.476 e. The lowest BCUT2D eigenvalue weighted by molar-refractivity contribution is -0.138. The van der Waals surface area contributed by atoms with E-state index in [2.05, 4.69) is 34.7 Å². The van der Waals surface area contributed by atoms with E-state index in [1.807, 2.05) is 11.3 Å². The zero-order chi connectivity index (χ0) is 32.3. The van der Waals surface area contributed by atoms with E-state index < -0.39 is 45.9 Å². The average Bonchev–Trinajstić information content (AvgIpc) is 3.61. The number of aromatic carboxylic acids is 1. The molecule has 2 N–H and O–H groups in total. The molecule has 0 saturated heterocycles. The second-order valence-electron chi connectivity index (χ2n) is 10.2. The fraction of sp³-hybridized carbons (Fsp3) is 0.419. The summed E-state index contributed by atoms with van der Waals surface area (Å²) in [6, 6.07) is 8.46. The van der Waals surface area contributed by atoms with Gasteiger partial charge in [0.05, 0.1) is 11.1 Å². The highest BCUT2D eigenvalue weighted by molar-refractivity contribution is 7.09. The summed E-state index contributed by atoms with van der Waals surface area (Å²) in [4.78, 5) is 16.0. The number of unbranched alkanes of at least 4 members (excludes halogenated alkanes) is 7. The summed E-state index contributed by atoms with van der Waals surface area (Å²) in [7, 11) is 0. The summed E-state index contributed by atoms with van der Waals surface area (Å²) < 4.78 is 78.8. The number of imidazole rings is 1. The summed E-state index contributed by atoms with van der Waals surface area (Å²) in [6.07, 6.45) is 2.82. The Labute approximate surface area is 260 Å². The number of carboxylic acid groups (broad SMARTS) is 1. The molecule has 0 bridgehead atoms. The summed E-state index contributed by atoms with van der Waals surface area (Å²) in [5.74, 6) is -1.62. The Morgan fingerprint density at radius 2 is 1.57 bits per heavy atom. The van der Waals surface area contributed by atoms with Crippen molar-refractivity contribution >= 4 is 34.6 Å². The molecule has 0 atom stereocenters. The molecule has 0 aliphatic heterocycles. The van der Waals surface area contributed by atoms with E-state index in [0.717, 1.165) is 41.4 Å². The standard InChI is InChI=1S/C16H7ClF6N2O2.C15H27NS/c17-12-11(14(26)27)24-13-10(16(21,22)23)5-8(6-25(12)13)7-1-3-9(4-2-7)15(18,19)20;1-2-3-4-5-6-7-8-9-12-16-14-15-11-10-13-17-15/h1-6H,(H,26,27);10-11,13,16H,2-9,12,14H2,1H3. The van der Waals surface area contributed by atoms with Crippen LogP contribution in [0.2, 0.25) is 5.15 Å². The van der Waals surface area contributed by atoms with Crippen LogP contribution < -0.4 is 5.32 Å². The predicted molar refractivity (Wildman–Crippen MR) is 161 cm³/mol. The lowest BCUT2D eigenvalue weighted by Gasteiger charge is -2.12. The second kappa shape index (κ2) is 16.3. The summed E-state index contributed by atoms with van der Waals surface area (Å²) in [5, 5.41) is 14.1. The van der Waals surface area contributed by atoms with Crippen molar-refractivity contribution in [3.63, 3.8) is 0 Å². The molecule has 0 unspecified atom stereocenters. The van der Waals surface area contributed by atoms with Gasteiger partial charge in [-0.3, -0.25) is 4.40 Å². The quantitative estimate of drug-likeness (QED) is 0.111. The molecular weight excluding hydrogens is 628 g/mol. The van der Waals surface area contributed by atoms with Crippen molar-refractivity contribution in [3.8, 4) is 11.1 Å². The fourth-order valence-corrected chi connectivity index (χ4v) is 5.41. The SMILES string of the molecule is CCCCCCCCCCNCc1cccs1.O=C(O)c1nc2c(C(F)(F)F)cc(-c3ccc(C(F)(F)F)cc3)cn2c1Cl. The lowest BCUT2D eigenvalue weighted by atomic mass is 10.0. The van der Waals surface area contributed by atoms with Crippen molar-refractivity contribution in [1.29, 1.82) is 0 Å². The van der Waals surface area contributed by atoms with Gasteiger partial charge < -0.3 is 10.4 Å². The first-order chi connectivity index (χ1) is 20.8. The monoisotopic (exact) mass is 661 g/mol. The van der Waals surface area contributed by atoms with Gasteiger partial charge in [0.1, 0.15) is 5.15 Å². The number of carboxylic acids is 1. The first-order valence-electron chi connectivity index (χ1n) is 14.3. The van der Waals surface area contributed by atoms with Crippen molar-refractivity contribution < 1.29 is 36.2 Å². The number of halogens is 7. The van der Waals surface area contributed by atoms with Crippen LogP contribution in [0, 0.1) is 0 Å². The molecule has 0 saturated carbocycles. The maximum absolute atomic E-state index is 13.4. The van der Waals surface area contributed by atoms with Crippen LogP contribution in [0.3, 0.4) is 0 Å². The molecule has 4 rings (SSSR count). The molecule has 13 heteroatoms. The molecule has 3 aromatic heterocycles. The third-order valence-electron chi connectivity index (χ3n) is 6.80. The minimum Gasteiger partial charge on any atom is -0.476 e. The van der Waals surface area contributed by atoms with Gasteiger partial charge in [-0.15, -0.1) is 11.3 Å². The smallest absolute Gasteiger partial charge is 0.420 e. The van der Waals surface area contributed by atoms with Crippen molar-refractivity contribution in [2.45, 2.75) is 77.2 Å². The number of hydrogen-bond donors (Lipinski definition) is 2. The van der Waals surface area contributed by atoms with Gasteiger partial charge in [0, 0.05) is 17.6 Å². The topological polar surface area (TPSA) is 66.6 Å². The molecule has 0 fully saturated rings. The molecule has 3 heterocycles. The molecule has 0 aliphatic rings. The van der Waals surface area contributed by atoms with E-state index in [1.54, 1.807) is 0 Å². The van der Waals surface area contributed by atoms with E-state index in [4.69, 9.17) is 16.7 Å². The van der Waals surface area contributed by atoms with Crippen LogP contribution in [-0.2, 0) is 18.9 Å². The Kier molecular flexibility index (Phi) is 13.1. The number of thiophene rings is 1. The fourth-order valence-electron chi connectivity index (χ4n) is 4.48. The zero-order valence-electron chi connectivity index (χ0n) is 24.1. The predicted octanol–water partition coefficient (Wildman–Crippen LogP) is 10.4. The minimum absolute atomic E-state index is 0.0528. The molecule has 0 aliphatic carbocycles. The number of carbonyl (C=O) groups is 1. The normalized spacial score (nSPS) is 11.9. The Morgan fingerprint density at radius 3 is 2.11 bits per heavy atom. The van der Waals surface area contributed by atoms with Crippen LogP contribution in [0.15, 0.2) is 54.0 Å². The van der Waals surface area contributed by atoms with Crippen LogP contribution in [0.1, 0.15) is 84.8 Å². The van der Waals surface area contributed by atoms with Gasteiger partial charge in [0.15, 0.2) is 11.3 Å². The molecule has 1 aromatic carbocycles. The van der Waals surface area contributed by atoms with Crippen molar-refractivity contribution in [2.24, 2.45) is 0 Å². The van der Waals surface area contributed by atoms with E-state index in [-0.39, 0.29) is 11.1 Å². The maximum atomic E-state index is 13.4. The molecule has 0 amide bonds. The Morgan fingerprint density at radius 1 is 0.932 bits per heavy atom. The first kappa shape index (κ1) is 35.4. The van der Waals surface area contributed by atoms with Crippen molar-refractivity contribution in [3.05, 3.63) is 80.9 Å². The average molecular weight is 662 g/mol. The number of pyridine rings is 1. The molecule has 0 radical (unpaired) electrons. The summed E-state index contributed by atoms with van der Waals surface area (Å²) in [5.41, 5.74) is -3.78. The van der Waals surface area contributed by atoms with E-state index in [0.29, 0.717) is 6.07 Å². The van der Waals surface area contributed by atoms with Crippen molar-refractivity contribution in [2.75, 3.05) is 6.54 Å². The number of benzene rings is 1. The highest BCUT2D eigenvalue weighted by Crippen LogP contribution is 2.37.